The summed E-state index contributed by atoms with van der Waals surface area (Å²) in [4.78, 5) is 0. The van der Waals surface area contributed by atoms with Crippen LogP contribution in [0.4, 0.5) is 0 Å². The molecule has 0 aromatic heterocycles. The van der Waals surface area contributed by atoms with Gasteiger partial charge in [-0.05, 0) is 30.4 Å². The molecule has 0 unspecified atom stereocenters. The van der Waals surface area contributed by atoms with Crippen molar-refractivity contribution in [1.29, 1.82) is 0 Å². The molecule has 0 radical (unpaired) electrons. The Morgan fingerprint density at radius 2 is 1.89 bits per heavy atom. The zero-order valence-electron chi connectivity index (χ0n) is 11.7. The van der Waals surface area contributed by atoms with Crippen molar-refractivity contribution < 1.29 is 9.84 Å². The molecule has 0 saturated carbocycles. The minimum absolute atomic E-state index is 0.0721. The second-order valence-corrected chi connectivity index (χ2v) is 5.17. The van der Waals surface area contributed by atoms with E-state index in [1.807, 2.05) is 12.1 Å². The number of para-hydroxylation sites is 1. The Morgan fingerprint density at radius 1 is 1.11 bits per heavy atom. The molecule has 0 saturated heterocycles. The number of aliphatic hydroxyl groups excluding tert-OH is 1. The second kappa shape index (κ2) is 8.98. The highest BCUT2D eigenvalue weighted by Gasteiger charge is 2.02. The zero-order chi connectivity index (χ0) is 13.2. The van der Waals surface area contributed by atoms with Crippen molar-refractivity contribution in [2.75, 3.05) is 13.2 Å². The Labute approximate surface area is 111 Å². The van der Waals surface area contributed by atoms with Crippen molar-refractivity contribution in [3.63, 3.8) is 0 Å². The van der Waals surface area contributed by atoms with Gasteiger partial charge in [-0.3, -0.25) is 0 Å². The molecular formula is C16H26O2. The smallest absolute Gasteiger partial charge is 0.122 e. The van der Waals surface area contributed by atoms with E-state index in [0.717, 1.165) is 18.1 Å². The summed E-state index contributed by atoms with van der Waals surface area (Å²) < 4.78 is 5.53. The molecule has 0 atom stereocenters. The van der Waals surface area contributed by atoms with Gasteiger partial charge in [0.05, 0.1) is 6.61 Å². The lowest BCUT2D eigenvalue weighted by Crippen LogP contribution is -2.03. The number of hydrogen-bond acceptors (Lipinski definition) is 2. The van der Waals surface area contributed by atoms with E-state index in [1.165, 1.54) is 31.2 Å². The quantitative estimate of drug-likeness (QED) is 0.675. The van der Waals surface area contributed by atoms with Gasteiger partial charge in [0.1, 0.15) is 12.4 Å². The minimum Gasteiger partial charge on any atom is -0.491 e. The summed E-state index contributed by atoms with van der Waals surface area (Å²) >= 11 is 0. The number of rotatable bonds is 9. The average Bonchev–Trinajstić information content (AvgIpc) is 2.36. The molecule has 0 amide bonds. The first-order valence-electron chi connectivity index (χ1n) is 7.05. The fourth-order valence-corrected chi connectivity index (χ4v) is 2.05. The lowest BCUT2D eigenvalue weighted by Gasteiger charge is -2.10. The van der Waals surface area contributed by atoms with Crippen LogP contribution in [0.1, 0.15) is 45.1 Å². The second-order valence-electron chi connectivity index (χ2n) is 5.17. The highest BCUT2D eigenvalue weighted by Crippen LogP contribution is 2.20. The van der Waals surface area contributed by atoms with Crippen LogP contribution >= 0.6 is 0 Å². The van der Waals surface area contributed by atoms with Crippen molar-refractivity contribution >= 4 is 0 Å². The molecule has 0 spiro atoms. The van der Waals surface area contributed by atoms with Crippen LogP contribution in [0, 0.1) is 5.92 Å². The van der Waals surface area contributed by atoms with Crippen LogP contribution in [0.5, 0.6) is 5.75 Å². The molecule has 0 aliphatic heterocycles. The van der Waals surface area contributed by atoms with Gasteiger partial charge in [-0.2, -0.15) is 0 Å². The van der Waals surface area contributed by atoms with Crippen molar-refractivity contribution in [1.82, 2.24) is 0 Å². The summed E-state index contributed by atoms with van der Waals surface area (Å²) in [6.45, 7) is 5.00. The molecule has 1 N–H and O–H groups in total. The van der Waals surface area contributed by atoms with Crippen LogP contribution in [0.3, 0.4) is 0 Å². The van der Waals surface area contributed by atoms with E-state index >= 15 is 0 Å². The summed E-state index contributed by atoms with van der Waals surface area (Å²) in [6.07, 6.45) is 6.21. The molecule has 1 rings (SSSR count). The van der Waals surface area contributed by atoms with E-state index in [-0.39, 0.29) is 6.61 Å². The van der Waals surface area contributed by atoms with Gasteiger partial charge < -0.3 is 9.84 Å². The van der Waals surface area contributed by atoms with Crippen LogP contribution < -0.4 is 4.74 Å². The first-order valence-corrected chi connectivity index (χ1v) is 7.05. The van der Waals surface area contributed by atoms with Crippen LogP contribution in [-0.4, -0.2) is 18.3 Å². The number of unbranched alkanes of at least 4 members (excludes halogenated alkanes) is 2. The van der Waals surface area contributed by atoms with E-state index in [0.29, 0.717) is 6.61 Å². The maximum absolute atomic E-state index is 8.79. The predicted molar refractivity (Wildman–Crippen MR) is 76.0 cm³/mol. The van der Waals surface area contributed by atoms with E-state index in [9.17, 15) is 0 Å². The first-order chi connectivity index (χ1) is 8.74. The van der Waals surface area contributed by atoms with Crippen LogP contribution in [-0.2, 0) is 6.42 Å². The number of benzene rings is 1. The first kappa shape index (κ1) is 15.0. The molecule has 18 heavy (non-hydrogen) atoms. The number of ether oxygens (including phenoxy) is 1. The maximum atomic E-state index is 8.79. The van der Waals surface area contributed by atoms with Crippen molar-refractivity contribution in [3.05, 3.63) is 29.8 Å². The maximum Gasteiger partial charge on any atom is 0.122 e. The van der Waals surface area contributed by atoms with Crippen molar-refractivity contribution in [2.45, 2.75) is 46.0 Å². The van der Waals surface area contributed by atoms with E-state index in [2.05, 4.69) is 26.0 Å². The summed E-state index contributed by atoms with van der Waals surface area (Å²) in [7, 11) is 0. The van der Waals surface area contributed by atoms with Crippen molar-refractivity contribution in [2.24, 2.45) is 5.92 Å². The number of hydrogen-bond donors (Lipinski definition) is 1. The molecule has 0 bridgehead atoms. The third-order valence-electron chi connectivity index (χ3n) is 3.05. The van der Waals surface area contributed by atoms with Gasteiger partial charge in [-0.1, -0.05) is 51.3 Å². The third kappa shape index (κ3) is 6.06. The Balaban J connectivity index is 2.32. The lowest BCUT2D eigenvalue weighted by molar-refractivity contribution is 0.200. The van der Waals surface area contributed by atoms with E-state index < -0.39 is 0 Å². The lowest BCUT2D eigenvalue weighted by atomic mass is 10.0. The highest BCUT2D eigenvalue weighted by molar-refractivity contribution is 5.33. The van der Waals surface area contributed by atoms with E-state index in [4.69, 9.17) is 9.84 Å². The average molecular weight is 250 g/mol. The van der Waals surface area contributed by atoms with Gasteiger partial charge in [0.25, 0.3) is 0 Å². The Kier molecular flexibility index (Phi) is 7.51. The number of aryl methyl sites for hydroxylation is 1. The van der Waals surface area contributed by atoms with Gasteiger partial charge in [-0.15, -0.1) is 0 Å². The molecule has 2 nitrogen and oxygen atoms in total. The highest BCUT2D eigenvalue weighted by atomic mass is 16.5. The Morgan fingerprint density at radius 3 is 2.61 bits per heavy atom. The van der Waals surface area contributed by atoms with Gasteiger partial charge >= 0.3 is 0 Å². The summed E-state index contributed by atoms with van der Waals surface area (Å²) in [5.74, 6) is 1.74. The molecule has 1 aromatic rings. The summed E-state index contributed by atoms with van der Waals surface area (Å²) in [6, 6.07) is 8.14. The molecule has 0 aliphatic rings. The minimum atomic E-state index is 0.0721. The fourth-order valence-electron chi connectivity index (χ4n) is 2.05. The fraction of sp³-hybridized carbons (Fsp3) is 0.625. The summed E-state index contributed by atoms with van der Waals surface area (Å²) in [5, 5.41) is 8.79. The molecule has 0 heterocycles. The van der Waals surface area contributed by atoms with Gasteiger partial charge in [0.15, 0.2) is 0 Å². The molecule has 102 valence electrons. The predicted octanol–water partition coefficient (Wildman–Crippen LogP) is 3.82. The zero-order valence-corrected chi connectivity index (χ0v) is 11.7. The number of aliphatic hydroxyl groups is 1. The molecule has 0 fully saturated rings. The topological polar surface area (TPSA) is 29.5 Å². The van der Waals surface area contributed by atoms with Crippen molar-refractivity contribution in [3.8, 4) is 5.75 Å². The van der Waals surface area contributed by atoms with Crippen LogP contribution in [0.25, 0.3) is 0 Å². The van der Waals surface area contributed by atoms with E-state index in [1.54, 1.807) is 0 Å². The summed E-state index contributed by atoms with van der Waals surface area (Å²) in [5.41, 5.74) is 1.26. The standard InChI is InChI=1S/C16H26O2/c1-14(2)8-4-3-5-9-15-10-6-7-11-16(15)18-13-12-17/h6-7,10-11,14,17H,3-5,8-9,12-13H2,1-2H3. The largest absolute Gasteiger partial charge is 0.491 e. The van der Waals surface area contributed by atoms with Gasteiger partial charge in [0, 0.05) is 0 Å². The molecule has 2 heteroatoms. The molecule has 1 aromatic carbocycles. The Bertz CT molecular complexity index is 321. The normalized spacial score (nSPS) is 10.9. The molecule has 0 aliphatic carbocycles. The monoisotopic (exact) mass is 250 g/mol. The van der Waals surface area contributed by atoms with Gasteiger partial charge in [-0.25, -0.2) is 0 Å². The van der Waals surface area contributed by atoms with Crippen LogP contribution in [0.2, 0.25) is 0 Å². The Hall–Kier alpha value is -1.02. The SMILES string of the molecule is CC(C)CCCCCc1ccccc1OCCO. The third-order valence-corrected chi connectivity index (χ3v) is 3.05. The molecular weight excluding hydrogens is 224 g/mol. The van der Waals surface area contributed by atoms with Gasteiger partial charge in [0.2, 0.25) is 0 Å². The van der Waals surface area contributed by atoms with Crippen LogP contribution in [0.15, 0.2) is 24.3 Å².